The van der Waals surface area contributed by atoms with E-state index in [1.165, 1.54) is 17.4 Å². The van der Waals surface area contributed by atoms with Gasteiger partial charge in [-0.05, 0) is 24.6 Å². The number of nitrogens with two attached hydrogens (primary N) is 1. The minimum absolute atomic E-state index is 0.276. The zero-order chi connectivity index (χ0) is 14.3. The van der Waals surface area contributed by atoms with Crippen LogP contribution in [0.1, 0.15) is 30.8 Å². The fourth-order valence-electron chi connectivity index (χ4n) is 1.74. The molecule has 0 aliphatic rings. The van der Waals surface area contributed by atoms with Crippen LogP contribution in [0.15, 0.2) is 18.2 Å². The number of rotatable bonds is 3. The maximum atomic E-state index is 12.6. The number of halogens is 3. The summed E-state index contributed by atoms with van der Waals surface area (Å²) in [6.45, 7) is 4.41. The van der Waals surface area contributed by atoms with E-state index >= 15 is 0 Å². The lowest BCUT2D eigenvalue weighted by molar-refractivity contribution is -0.137. The molecule has 1 aromatic heterocycles. The third-order valence-electron chi connectivity index (χ3n) is 3.46. The van der Waals surface area contributed by atoms with E-state index in [9.17, 15) is 13.2 Å². The minimum Gasteiger partial charge on any atom is -0.330 e. The number of hydrogen-bond acceptors (Lipinski definition) is 3. The Balaban J connectivity index is 2.52. The van der Waals surface area contributed by atoms with Crippen LogP contribution in [0.3, 0.4) is 0 Å². The Kier molecular flexibility index (Phi) is 3.57. The first-order valence-corrected chi connectivity index (χ1v) is 6.80. The summed E-state index contributed by atoms with van der Waals surface area (Å²) < 4.78 is 38.7. The molecule has 6 heteroatoms. The Hall–Kier alpha value is -1.14. The van der Waals surface area contributed by atoms with Gasteiger partial charge in [0.05, 0.1) is 15.8 Å². The average molecular weight is 288 g/mol. The van der Waals surface area contributed by atoms with Crippen molar-refractivity contribution in [1.29, 1.82) is 0 Å². The Morgan fingerprint density at radius 2 is 2.00 bits per heavy atom. The van der Waals surface area contributed by atoms with Gasteiger partial charge in [0, 0.05) is 12.0 Å². The van der Waals surface area contributed by atoms with E-state index in [2.05, 4.69) is 4.98 Å². The van der Waals surface area contributed by atoms with E-state index in [1.807, 2.05) is 13.8 Å². The fraction of sp³-hybridized carbons (Fsp3) is 0.462. The third-order valence-corrected chi connectivity index (χ3v) is 4.80. The van der Waals surface area contributed by atoms with Crippen LogP contribution in [0.2, 0.25) is 0 Å². The Morgan fingerprint density at radius 3 is 2.53 bits per heavy atom. The molecule has 2 N–H and O–H groups in total. The average Bonchev–Trinajstić information content (AvgIpc) is 2.80. The normalized spacial score (nSPS) is 15.7. The van der Waals surface area contributed by atoms with E-state index in [0.717, 1.165) is 28.3 Å². The molecular weight excluding hydrogens is 273 g/mol. The second-order valence-electron chi connectivity index (χ2n) is 4.82. The summed E-state index contributed by atoms with van der Waals surface area (Å²) in [5.41, 5.74) is 5.21. The molecule has 0 fully saturated rings. The van der Waals surface area contributed by atoms with Crippen LogP contribution >= 0.6 is 11.3 Å². The van der Waals surface area contributed by atoms with Gasteiger partial charge in [-0.1, -0.05) is 13.8 Å². The second kappa shape index (κ2) is 4.76. The number of fused-ring (bicyclic) bond motifs is 1. The summed E-state index contributed by atoms with van der Waals surface area (Å²) >= 11 is 1.41. The highest BCUT2D eigenvalue weighted by molar-refractivity contribution is 7.18. The van der Waals surface area contributed by atoms with Crippen molar-refractivity contribution < 1.29 is 13.2 Å². The predicted octanol–water partition coefficient (Wildman–Crippen LogP) is 3.94. The van der Waals surface area contributed by atoms with Gasteiger partial charge in [-0.25, -0.2) is 4.98 Å². The molecule has 0 radical (unpaired) electrons. The maximum Gasteiger partial charge on any atom is 0.416 e. The van der Waals surface area contributed by atoms with Crippen LogP contribution in [0.4, 0.5) is 13.2 Å². The second-order valence-corrected chi connectivity index (χ2v) is 5.85. The molecule has 1 unspecified atom stereocenters. The van der Waals surface area contributed by atoms with Gasteiger partial charge in [-0.15, -0.1) is 11.3 Å². The molecule has 2 rings (SSSR count). The van der Waals surface area contributed by atoms with Gasteiger partial charge < -0.3 is 5.73 Å². The first kappa shape index (κ1) is 14.3. The molecule has 1 aromatic carbocycles. The van der Waals surface area contributed by atoms with Crippen LogP contribution in [0.25, 0.3) is 10.2 Å². The summed E-state index contributed by atoms with van der Waals surface area (Å²) in [5.74, 6) is 0. The fourth-order valence-corrected chi connectivity index (χ4v) is 2.92. The topological polar surface area (TPSA) is 38.9 Å². The first-order valence-electron chi connectivity index (χ1n) is 5.98. The minimum atomic E-state index is -4.33. The van der Waals surface area contributed by atoms with Gasteiger partial charge in [0.25, 0.3) is 0 Å². The molecule has 19 heavy (non-hydrogen) atoms. The number of hydrogen-bond donors (Lipinski definition) is 1. The molecule has 0 amide bonds. The lowest BCUT2D eigenvalue weighted by Crippen LogP contribution is -2.30. The van der Waals surface area contributed by atoms with Crippen LogP contribution in [-0.4, -0.2) is 11.5 Å². The molecule has 0 saturated carbocycles. The number of thiazole rings is 1. The van der Waals surface area contributed by atoms with Gasteiger partial charge in [0.15, 0.2) is 0 Å². The van der Waals surface area contributed by atoms with E-state index in [4.69, 9.17) is 5.73 Å². The SMILES string of the molecule is CCC(C)(CN)c1nc2cc(C(F)(F)F)ccc2s1. The molecule has 0 saturated heterocycles. The van der Waals surface area contributed by atoms with Crippen molar-refractivity contribution in [2.75, 3.05) is 6.54 Å². The van der Waals surface area contributed by atoms with Gasteiger partial charge in [0.2, 0.25) is 0 Å². The highest BCUT2D eigenvalue weighted by Gasteiger charge is 2.32. The maximum absolute atomic E-state index is 12.6. The smallest absolute Gasteiger partial charge is 0.330 e. The van der Waals surface area contributed by atoms with Gasteiger partial charge in [-0.3, -0.25) is 0 Å². The van der Waals surface area contributed by atoms with E-state index in [-0.39, 0.29) is 5.41 Å². The quantitative estimate of drug-likeness (QED) is 0.929. The van der Waals surface area contributed by atoms with Gasteiger partial charge in [0.1, 0.15) is 5.01 Å². The lowest BCUT2D eigenvalue weighted by atomic mass is 9.89. The Morgan fingerprint density at radius 1 is 1.32 bits per heavy atom. The van der Waals surface area contributed by atoms with Crippen LogP contribution in [0, 0.1) is 0 Å². The number of benzene rings is 1. The Labute approximate surface area is 113 Å². The summed E-state index contributed by atoms with van der Waals surface area (Å²) in [5, 5.41) is 0.798. The molecule has 1 atom stereocenters. The lowest BCUT2D eigenvalue weighted by Gasteiger charge is -2.23. The van der Waals surface area contributed by atoms with Crippen molar-refractivity contribution in [1.82, 2.24) is 4.98 Å². The number of aromatic nitrogens is 1. The summed E-state index contributed by atoms with van der Waals surface area (Å²) in [6.07, 6.45) is -3.53. The highest BCUT2D eigenvalue weighted by atomic mass is 32.1. The highest BCUT2D eigenvalue weighted by Crippen LogP contribution is 2.36. The summed E-state index contributed by atoms with van der Waals surface area (Å²) in [7, 11) is 0. The van der Waals surface area contributed by atoms with Gasteiger partial charge >= 0.3 is 6.18 Å². The molecule has 2 aromatic rings. The zero-order valence-electron chi connectivity index (χ0n) is 10.7. The summed E-state index contributed by atoms with van der Waals surface area (Å²) in [4.78, 5) is 4.34. The molecule has 0 spiro atoms. The largest absolute Gasteiger partial charge is 0.416 e. The molecule has 104 valence electrons. The molecule has 0 aliphatic heterocycles. The molecular formula is C13H15F3N2S. The van der Waals surface area contributed by atoms with Crippen molar-refractivity contribution in [3.8, 4) is 0 Å². The van der Waals surface area contributed by atoms with Crippen LogP contribution < -0.4 is 5.73 Å². The molecule has 0 aliphatic carbocycles. The van der Waals surface area contributed by atoms with Crippen molar-refractivity contribution >= 4 is 21.6 Å². The third kappa shape index (κ3) is 2.60. The van der Waals surface area contributed by atoms with E-state index in [1.54, 1.807) is 0 Å². The zero-order valence-corrected chi connectivity index (χ0v) is 11.5. The van der Waals surface area contributed by atoms with Crippen molar-refractivity contribution in [2.45, 2.75) is 31.9 Å². The van der Waals surface area contributed by atoms with Gasteiger partial charge in [-0.2, -0.15) is 13.2 Å². The van der Waals surface area contributed by atoms with Crippen molar-refractivity contribution in [3.05, 3.63) is 28.8 Å². The van der Waals surface area contributed by atoms with E-state index in [0.29, 0.717) is 12.1 Å². The number of nitrogens with zero attached hydrogens (tertiary/aromatic N) is 1. The molecule has 0 bridgehead atoms. The Bertz CT molecular complexity index is 585. The van der Waals surface area contributed by atoms with Crippen molar-refractivity contribution in [2.24, 2.45) is 5.73 Å². The van der Waals surface area contributed by atoms with E-state index < -0.39 is 11.7 Å². The molecule has 1 heterocycles. The summed E-state index contributed by atoms with van der Waals surface area (Å²) in [6, 6.07) is 3.67. The predicted molar refractivity (Wildman–Crippen MR) is 71.3 cm³/mol. The standard InChI is InChI=1S/C13H15F3N2S/c1-3-12(2,7-17)11-18-9-6-8(13(14,15)16)4-5-10(9)19-11/h4-6H,3,7,17H2,1-2H3. The first-order chi connectivity index (χ1) is 8.80. The monoisotopic (exact) mass is 288 g/mol. The molecule has 2 nitrogen and oxygen atoms in total. The number of alkyl halides is 3. The van der Waals surface area contributed by atoms with Crippen LogP contribution in [-0.2, 0) is 11.6 Å². The van der Waals surface area contributed by atoms with Crippen molar-refractivity contribution in [3.63, 3.8) is 0 Å². The van der Waals surface area contributed by atoms with Crippen LogP contribution in [0.5, 0.6) is 0 Å².